The Morgan fingerprint density at radius 3 is 2.83 bits per heavy atom. The Morgan fingerprint density at radius 1 is 1.39 bits per heavy atom. The maximum absolute atomic E-state index is 12.5. The molecule has 1 saturated heterocycles. The highest BCUT2D eigenvalue weighted by atomic mass is 32.2. The SMILES string of the molecule is CCC1(CC)CN(c2ncccc2-c2nc(C)no2)CCS1=O. The molecule has 1 aliphatic rings. The van der Waals surface area contributed by atoms with Crippen molar-refractivity contribution in [1.82, 2.24) is 15.1 Å². The van der Waals surface area contributed by atoms with Gasteiger partial charge in [0.05, 0.1) is 10.3 Å². The molecule has 3 rings (SSSR count). The van der Waals surface area contributed by atoms with Crippen LogP contribution in [-0.2, 0) is 10.8 Å². The number of hydrogen-bond donors (Lipinski definition) is 0. The van der Waals surface area contributed by atoms with Gasteiger partial charge in [-0.1, -0.05) is 19.0 Å². The van der Waals surface area contributed by atoms with E-state index >= 15 is 0 Å². The summed E-state index contributed by atoms with van der Waals surface area (Å²) in [6.45, 7) is 7.50. The zero-order valence-corrected chi connectivity index (χ0v) is 14.6. The molecule has 0 saturated carbocycles. The fourth-order valence-corrected chi connectivity index (χ4v) is 4.87. The fraction of sp³-hybridized carbons (Fsp3) is 0.562. The van der Waals surface area contributed by atoms with Gasteiger partial charge in [0.25, 0.3) is 5.89 Å². The lowest BCUT2D eigenvalue weighted by atomic mass is 10.0. The number of pyridine rings is 1. The molecule has 0 aromatic carbocycles. The number of aryl methyl sites for hydroxylation is 1. The third-order valence-corrected chi connectivity index (χ3v) is 6.87. The Bertz CT molecular complexity index is 712. The highest BCUT2D eigenvalue weighted by molar-refractivity contribution is 7.86. The van der Waals surface area contributed by atoms with Gasteiger partial charge in [0.2, 0.25) is 0 Å². The Hall–Kier alpha value is -1.76. The molecule has 0 spiro atoms. The molecule has 23 heavy (non-hydrogen) atoms. The number of aromatic nitrogens is 3. The first-order valence-corrected chi connectivity index (χ1v) is 9.30. The molecule has 1 atom stereocenters. The van der Waals surface area contributed by atoms with Crippen molar-refractivity contribution in [2.24, 2.45) is 0 Å². The van der Waals surface area contributed by atoms with Crippen LogP contribution in [0, 0.1) is 6.92 Å². The molecular formula is C16H22N4O2S. The van der Waals surface area contributed by atoms with Crippen LogP contribution in [0.15, 0.2) is 22.9 Å². The van der Waals surface area contributed by atoms with Gasteiger partial charge >= 0.3 is 0 Å². The van der Waals surface area contributed by atoms with Crippen LogP contribution >= 0.6 is 0 Å². The Balaban J connectivity index is 1.98. The molecule has 2 aromatic rings. The molecule has 6 nitrogen and oxygen atoms in total. The Labute approximate surface area is 138 Å². The fourth-order valence-electron chi connectivity index (χ4n) is 3.11. The van der Waals surface area contributed by atoms with E-state index in [4.69, 9.17) is 4.52 Å². The highest BCUT2D eigenvalue weighted by Crippen LogP contribution is 2.34. The third-order valence-electron chi connectivity index (χ3n) is 4.64. The summed E-state index contributed by atoms with van der Waals surface area (Å²) in [7, 11) is -0.799. The van der Waals surface area contributed by atoms with E-state index in [1.165, 1.54) is 0 Å². The quantitative estimate of drug-likeness (QED) is 0.856. The van der Waals surface area contributed by atoms with Gasteiger partial charge in [-0.2, -0.15) is 4.98 Å². The van der Waals surface area contributed by atoms with E-state index in [1.54, 1.807) is 13.1 Å². The van der Waals surface area contributed by atoms with Crippen LogP contribution in [0.4, 0.5) is 5.82 Å². The summed E-state index contributed by atoms with van der Waals surface area (Å²) in [5, 5.41) is 3.87. The van der Waals surface area contributed by atoms with Gasteiger partial charge in [-0.05, 0) is 31.9 Å². The molecule has 1 fully saturated rings. The van der Waals surface area contributed by atoms with E-state index in [0.717, 1.165) is 37.3 Å². The first-order valence-electron chi connectivity index (χ1n) is 7.99. The normalized spacial score (nSPS) is 20.7. The van der Waals surface area contributed by atoms with E-state index in [-0.39, 0.29) is 4.75 Å². The van der Waals surface area contributed by atoms with Gasteiger partial charge in [-0.15, -0.1) is 0 Å². The van der Waals surface area contributed by atoms with Crippen molar-refractivity contribution in [2.45, 2.75) is 38.4 Å². The third kappa shape index (κ3) is 2.89. The monoisotopic (exact) mass is 334 g/mol. The molecule has 124 valence electrons. The van der Waals surface area contributed by atoms with Crippen molar-refractivity contribution >= 4 is 16.6 Å². The molecular weight excluding hydrogens is 312 g/mol. The Kier molecular flexibility index (Phi) is 4.48. The van der Waals surface area contributed by atoms with Crippen LogP contribution in [0.5, 0.6) is 0 Å². The number of nitrogens with zero attached hydrogens (tertiary/aromatic N) is 4. The van der Waals surface area contributed by atoms with Crippen molar-refractivity contribution in [3.05, 3.63) is 24.2 Å². The van der Waals surface area contributed by atoms with Crippen molar-refractivity contribution in [2.75, 3.05) is 23.7 Å². The zero-order chi connectivity index (χ0) is 16.4. The lowest BCUT2D eigenvalue weighted by molar-refractivity contribution is 0.425. The van der Waals surface area contributed by atoms with Crippen molar-refractivity contribution in [3.63, 3.8) is 0 Å². The van der Waals surface area contributed by atoms with E-state index in [1.807, 2.05) is 12.1 Å². The average Bonchev–Trinajstić information content (AvgIpc) is 3.02. The van der Waals surface area contributed by atoms with Crippen LogP contribution < -0.4 is 4.90 Å². The van der Waals surface area contributed by atoms with Crippen molar-refractivity contribution in [3.8, 4) is 11.5 Å². The molecule has 0 radical (unpaired) electrons. The first kappa shape index (κ1) is 16.1. The van der Waals surface area contributed by atoms with E-state index < -0.39 is 10.8 Å². The average molecular weight is 334 g/mol. The second-order valence-corrected chi connectivity index (χ2v) is 7.85. The Morgan fingerprint density at radius 2 is 2.17 bits per heavy atom. The summed E-state index contributed by atoms with van der Waals surface area (Å²) in [5.41, 5.74) is 0.835. The summed E-state index contributed by atoms with van der Waals surface area (Å²) in [4.78, 5) is 11.1. The minimum absolute atomic E-state index is 0.169. The summed E-state index contributed by atoms with van der Waals surface area (Å²) in [6.07, 6.45) is 3.57. The van der Waals surface area contributed by atoms with Crippen LogP contribution in [-0.4, -0.2) is 42.9 Å². The van der Waals surface area contributed by atoms with Crippen LogP contribution in [0.2, 0.25) is 0 Å². The zero-order valence-electron chi connectivity index (χ0n) is 13.8. The second-order valence-electron chi connectivity index (χ2n) is 5.88. The van der Waals surface area contributed by atoms with Crippen LogP contribution in [0.1, 0.15) is 32.5 Å². The standard InChI is InChI=1S/C16H22N4O2S/c1-4-16(5-2)11-20(9-10-23(16)21)14-13(7-6-8-17-14)15-18-12(3)19-22-15/h6-8H,4-5,9-11H2,1-3H3. The topological polar surface area (TPSA) is 72.1 Å². The molecule has 0 bridgehead atoms. The van der Waals surface area contributed by atoms with E-state index in [0.29, 0.717) is 17.5 Å². The molecule has 0 amide bonds. The van der Waals surface area contributed by atoms with Crippen molar-refractivity contribution < 1.29 is 8.73 Å². The largest absolute Gasteiger partial charge is 0.354 e. The molecule has 7 heteroatoms. The van der Waals surface area contributed by atoms with Crippen LogP contribution in [0.3, 0.4) is 0 Å². The van der Waals surface area contributed by atoms with Gasteiger partial charge < -0.3 is 9.42 Å². The minimum atomic E-state index is -0.799. The maximum Gasteiger partial charge on any atom is 0.261 e. The first-order chi connectivity index (χ1) is 11.1. The van der Waals surface area contributed by atoms with E-state index in [2.05, 4.69) is 33.9 Å². The predicted octanol–water partition coefficient (Wildman–Crippen LogP) is 2.57. The van der Waals surface area contributed by atoms with Crippen molar-refractivity contribution in [1.29, 1.82) is 0 Å². The van der Waals surface area contributed by atoms with Crippen LogP contribution in [0.25, 0.3) is 11.5 Å². The molecule has 0 aliphatic carbocycles. The lowest BCUT2D eigenvalue weighted by Gasteiger charge is -2.42. The summed E-state index contributed by atoms with van der Waals surface area (Å²) in [6, 6.07) is 3.81. The number of anilines is 1. The second kappa shape index (κ2) is 6.39. The highest BCUT2D eigenvalue weighted by Gasteiger charge is 2.39. The summed E-state index contributed by atoms with van der Waals surface area (Å²) in [5.74, 6) is 2.58. The predicted molar refractivity (Wildman–Crippen MR) is 90.8 cm³/mol. The lowest BCUT2D eigenvalue weighted by Crippen LogP contribution is -2.53. The van der Waals surface area contributed by atoms with Gasteiger partial charge in [0.15, 0.2) is 5.82 Å². The molecule has 1 unspecified atom stereocenters. The number of hydrogen-bond acceptors (Lipinski definition) is 6. The summed E-state index contributed by atoms with van der Waals surface area (Å²) >= 11 is 0. The minimum Gasteiger partial charge on any atom is -0.354 e. The smallest absolute Gasteiger partial charge is 0.261 e. The summed E-state index contributed by atoms with van der Waals surface area (Å²) < 4.78 is 17.7. The number of rotatable bonds is 4. The molecule has 0 N–H and O–H groups in total. The van der Waals surface area contributed by atoms with E-state index in [9.17, 15) is 4.21 Å². The molecule has 1 aliphatic heterocycles. The van der Waals surface area contributed by atoms with Gasteiger partial charge in [0.1, 0.15) is 5.82 Å². The van der Waals surface area contributed by atoms with Gasteiger partial charge in [0, 0.05) is 35.8 Å². The van der Waals surface area contributed by atoms with Gasteiger partial charge in [-0.25, -0.2) is 4.98 Å². The molecule has 3 heterocycles. The molecule has 2 aromatic heterocycles. The van der Waals surface area contributed by atoms with Gasteiger partial charge in [-0.3, -0.25) is 4.21 Å². The maximum atomic E-state index is 12.5.